The maximum Gasteiger partial charge on any atom is 0.243 e. The molecule has 2 heterocycles. The van der Waals surface area contributed by atoms with Crippen molar-refractivity contribution in [1.29, 1.82) is 5.26 Å². The summed E-state index contributed by atoms with van der Waals surface area (Å²) in [5, 5.41) is 9.59. The summed E-state index contributed by atoms with van der Waals surface area (Å²) in [5.41, 5.74) is 7.88. The number of amides is 1. The van der Waals surface area contributed by atoms with Gasteiger partial charge in [0.1, 0.15) is 0 Å². The van der Waals surface area contributed by atoms with Crippen molar-refractivity contribution in [2.45, 2.75) is 24.3 Å². The first-order chi connectivity index (χ1) is 15.2. The first-order valence-corrected chi connectivity index (χ1v) is 12.3. The summed E-state index contributed by atoms with van der Waals surface area (Å²) in [4.78, 5) is 14.2. The van der Waals surface area contributed by atoms with Gasteiger partial charge in [-0.1, -0.05) is 23.7 Å². The highest BCUT2D eigenvalue weighted by molar-refractivity contribution is 7.89. The molecule has 2 saturated heterocycles. The number of carbonyl (C=O) groups excluding carboxylic acids is 1. The highest BCUT2D eigenvalue weighted by Gasteiger charge is 2.46. The van der Waals surface area contributed by atoms with Gasteiger partial charge in [-0.15, -0.1) is 0 Å². The molecule has 7 nitrogen and oxygen atoms in total. The number of rotatable bonds is 6. The summed E-state index contributed by atoms with van der Waals surface area (Å²) < 4.78 is 27.7. The van der Waals surface area contributed by atoms with Crippen molar-refractivity contribution in [3.05, 3.63) is 64.2 Å². The van der Waals surface area contributed by atoms with Crippen LogP contribution in [0.5, 0.6) is 0 Å². The standard InChI is InChI=1S/C23H25ClN4O3S/c1-15-2-5-17(8-21(15)24)22(9-23(26)29)27-11-18-13-28(14-19(18)12-27)32(30,31)20-6-3-16(10-25)4-7-20/h2-8,18-19,22H,9,11-14H2,1H3,(H2,26,29). The number of hydrogen-bond acceptors (Lipinski definition) is 5. The van der Waals surface area contributed by atoms with Crippen LogP contribution in [0.15, 0.2) is 47.4 Å². The van der Waals surface area contributed by atoms with Crippen molar-refractivity contribution in [3.8, 4) is 6.07 Å². The minimum Gasteiger partial charge on any atom is -0.370 e. The van der Waals surface area contributed by atoms with Crippen LogP contribution in [-0.2, 0) is 14.8 Å². The molecule has 9 heteroatoms. The maximum absolute atomic E-state index is 13.1. The van der Waals surface area contributed by atoms with E-state index in [9.17, 15) is 13.2 Å². The SMILES string of the molecule is Cc1ccc(C(CC(N)=O)N2CC3CN(S(=O)(=O)c4ccc(C#N)cc4)CC3C2)cc1Cl. The van der Waals surface area contributed by atoms with Crippen molar-refractivity contribution in [2.75, 3.05) is 26.2 Å². The molecule has 32 heavy (non-hydrogen) atoms. The van der Waals surface area contributed by atoms with E-state index < -0.39 is 10.0 Å². The lowest BCUT2D eigenvalue weighted by molar-refractivity contribution is -0.119. The molecular weight excluding hydrogens is 448 g/mol. The minimum atomic E-state index is -3.61. The van der Waals surface area contributed by atoms with Crippen molar-refractivity contribution in [3.63, 3.8) is 0 Å². The van der Waals surface area contributed by atoms with Gasteiger partial charge in [0.05, 0.1) is 16.5 Å². The Labute approximate surface area is 193 Å². The van der Waals surface area contributed by atoms with E-state index in [2.05, 4.69) is 4.90 Å². The molecule has 3 atom stereocenters. The number of likely N-dealkylation sites (tertiary alicyclic amines) is 1. The smallest absolute Gasteiger partial charge is 0.243 e. The number of primary amides is 1. The van der Waals surface area contributed by atoms with E-state index in [-0.39, 0.29) is 35.1 Å². The largest absolute Gasteiger partial charge is 0.370 e. The third kappa shape index (κ3) is 4.39. The molecule has 0 spiro atoms. The number of aryl methyl sites for hydroxylation is 1. The van der Waals surface area contributed by atoms with Crippen LogP contribution < -0.4 is 5.73 Å². The Bertz CT molecular complexity index is 1160. The van der Waals surface area contributed by atoms with Crippen LogP contribution in [0.1, 0.15) is 29.2 Å². The van der Waals surface area contributed by atoms with Gasteiger partial charge in [-0.3, -0.25) is 9.69 Å². The molecule has 0 bridgehead atoms. The monoisotopic (exact) mass is 472 g/mol. The van der Waals surface area contributed by atoms with Gasteiger partial charge in [0.15, 0.2) is 0 Å². The molecule has 3 unspecified atom stereocenters. The van der Waals surface area contributed by atoms with Gasteiger partial charge in [-0.05, 0) is 60.2 Å². The summed E-state index contributed by atoms with van der Waals surface area (Å²) in [5.74, 6) is -0.0207. The van der Waals surface area contributed by atoms with Gasteiger partial charge in [0.25, 0.3) is 0 Å². The molecule has 2 N–H and O–H groups in total. The quantitative estimate of drug-likeness (QED) is 0.695. The fourth-order valence-electron chi connectivity index (χ4n) is 4.75. The summed E-state index contributed by atoms with van der Waals surface area (Å²) in [7, 11) is -3.61. The molecule has 0 saturated carbocycles. The average Bonchev–Trinajstić information content (AvgIpc) is 3.34. The Hall–Kier alpha value is -2.44. The van der Waals surface area contributed by atoms with E-state index in [0.717, 1.165) is 11.1 Å². The van der Waals surface area contributed by atoms with Gasteiger partial charge in [-0.25, -0.2) is 8.42 Å². The molecule has 1 amide bonds. The van der Waals surface area contributed by atoms with Crippen LogP contribution in [0.25, 0.3) is 0 Å². The first-order valence-electron chi connectivity index (χ1n) is 10.5. The average molecular weight is 473 g/mol. The third-order valence-electron chi connectivity index (χ3n) is 6.52. The predicted octanol–water partition coefficient (Wildman–Crippen LogP) is 2.69. The number of nitrogens with two attached hydrogens (primary N) is 1. The lowest BCUT2D eigenvalue weighted by atomic mass is 10.0. The van der Waals surface area contributed by atoms with Crippen molar-refractivity contribution in [1.82, 2.24) is 9.21 Å². The summed E-state index contributed by atoms with van der Waals surface area (Å²) >= 11 is 6.32. The zero-order valence-electron chi connectivity index (χ0n) is 17.7. The first kappa shape index (κ1) is 22.7. The maximum atomic E-state index is 13.1. The second kappa shape index (κ2) is 8.83. The molecule has 2 aromatic rings. The van der Waals surface area contributed by atoms with Crippen LogP contribution in [0.4, 0.5) is 0 Å². The van der Waals surface area contributed by atoms with E-state index in [4.69, 9.17) is 22.6 Å². The van der Waals surface area contributed by atoms with Crippen molar-refractivity contribution >= 4 is 27.5 Å². The molecule has 0 aliphatic carbocycles. The molecule has 0 aromatic heterocycles. The number of sulfonamides is 1. The van der Waals surface area contributed by atoms with Gasteiger partial charge < -0.3 is 5.73 Å². The highest BCUT2D eigenvalue weighted by atomic mass is 35.5. The number of fused-ring (bicyclic) bond motifs is 1. The Balaban J connectivity index is 1.49. The van der Waals surface area contributed by atoms with Gasteiger partial charge in [0.2, 0.25) is 15.9 Å². The van der Waals surface area contributed by atoms with Gasteiger partial charge >= 0.3 is 0 Å². The number of halogens is 1. The molecular formula is C23H25ClN4O3S. The predicted molar refractivity (Wildman–Crippen MR) is 121 cm³/mol. The van der Waals surface area contributed by atoms with Crippen LogP contribution in [0.3, 0.4) is 0 Å². The molecule has 2 aliphatic rings. The summed E-state index contributed by atoms with van der Waals surface area (Å²) in [6.07, 6.45) is 0.187. The summed E-state index contributed by atoms with van der Waals surface area (Å²) in [6, 6.07) is 13.6. The number of carbonyl (C=O) groups is 1. The Morgan fingerprint density at radius 2 is 1.78 bits per heavy atom. The highest BCUT2D eigenvalue weighted by Crippen LogP contribution is 2.39. The van der Waals surface area contributed by atoms with E-state index >= 15 is 0 Å². The van der Waals surface area contributed by atoms with Gasteiger partial charge in [0, 0.05) is 43.7 Å². The van der Waals surface area contributed by atoms with E-state index in [1.807, 2.05) is 31.2 Å². The van der Waals surface area contributed by atoms with Crippen LogP contribution in [0.2, 0.25) is 5.02 Å². The summed E-state index contributed by atoms with van der Waals surface area (Å²) in [6.45, 7) is 4.17. The fourth-order valence-corrected chi connectivity index (χ4v) is 6.49. The van der Waals surface area contributed by atoms with E-state index in [0.29, 0.717) is 36.8 Å². The van der Waals surface area contributed by atoms with Gasteiger partial charge in [-0.2, -0.15) is 9.57 Å². The Kier molecular flexibility index (Phi) is 6.28. The van der Waals surface area contributed by atoms with Crippen molar-refractivity contribution in [2.24, 2.45) is 17.6 Å². The molecule has 4 rings (SSSR count). The minimum absolute atomic E-state index is 0.180. The Morgan fingerprint density at radius 3 is 2.31 bits per heavy atom. The lowest BCUT2D eigenvalue weighted by Gasteiger charge is -2.29. The number of hydrogen-bond donors (Lipinski definition) is 1. The van der Waals surface area contributed by atoms with Crippen LogP contribution >= 0.6 is 11.6 Å². The number of nitrogens with zero attached hydrogens (tertiary/aromatic N) is 3. The number of benzene rings is 2. The number of nitriles is 1. The zero-order chi connectivity index (χ0) is 23.0. The molecule has 2 aromatic carbocycles. The van der Waals surface area contributed by atoms with E-state index in [1.165, 1.54) is 28.6 Å². The molecule has 2 aliphatic heterocycles. The molecule has 0 radical (unpaired) electrons. The second-order valence-electron chi connectivity index (χ2n) is 8.63. The Morgan fingerprint density at radius 1 is 1.16 bits per heavy atom. The van der Waals surface area contributed by atoms with E-state index in [1.54, 1.807) is 0 Å². The van der Waals surface area contributed by atoms with Crippen molar-refractivity contribution < 1.29 is 13.2 Å². The molecule has 168 valence electrons. The zero-order valence-corrected chi connectivity index (χ0v) is 19.3. The third-order valence-corrected chi connectivity index (χ3v) is 8.77. The second-order valence-corrected chi connectivity index (χ2v) is 11.0. The lowest BCUT2D eigenvalue weighted by Crippen LogP contribution is -2.36. The van der Waals surface area contributed by atoms with Crippen LogP contribution in [0, 0.1) is 30.1 Å². The normalized spacial score (nSPS) is 22.4. The van der Waals surface area contributed by atoms with Crippen LogP contribution in [-0.4, -0.2) is 49.7 Å². The topological polar surface area (TPSA) is 108 Å². The molecule has 2 fully saturated rings. The fraction of sp³-hybridized carbons (Fsp3) is 0.391.